The first-order valence-electron chi connectivity index (χ1n) is 5.90. The van der Waals surface area contributed by atoms with Crippen LogP contribution >= 0.6 is 0 Å². The SMILES string of the molecule is COC1CN(CCCCC#N)CCC1C. The summed E-state index contributed by atoms with van der Waals surface area (Å²) in [4.78, 5) is 2.46. The van der Waals surface area contributed by atoms with Gasteiger partial charge in [-0.1, -0.05) is 6.92 Å². The third-order valence-electron chi connectivity index (χ3n) is 3.29. The highest BCUT2D eigenvalue weighted by Gasteiger charge is 2.25. The van der Waals surface area contributed by atoms with Crippen molar-refractivity contribution in [3.63, 3.8) is 0 Å². The van der Waals surface area contributed by atoms with Crippen molar-refractivity contribution in [3.05, 3.63) is 0 Å². The highest BCUT2D eigenvalue weighted by molar-refractivity contribution is 4.78. The summed E-state index contributed by atoms with van der Waals surface area (Å²) in [6, 6.07) is 2.19. The Morgan fingerprint density at radius 3 is 2.93 bits per heavy atom. The average molecular weight is 210 g/mol. The average Bonchev–Trinajstić information content (AvgIpc) is 2.26. The quantitative estimate of drug-likeness (QED) is 0.651. The molecule has 0 aromatic rings. The zero-order valence-corrected chi connectivity index (χ0v) is 9.91. The molecule has 0 saturated carbocycles. The van der Waals surface area contributed by atoms with E-state index in [4.69, 9.17) is 10.00 Å². The van der Waals surface area contributed by atoms with Gasteiger partial charge in [-0.05, 0) is 38.3 Å². The van der Waals surface area contributed by atoms with Crippen molar-refractivity contribution in [1.29, 1.82) is 5.26 Å². The van der Waals surface area contributed by atoms with E-state index in [-0.39, 0.29) is 0 Å². The van der Waals surface area contributed by atoms with E-state index in [1.807, 2.05) is 0 Å². The highest BCUT2D eigenvalue weighted by atomic mass is 16.5. The fraction of sp³-hybridized carbons (Fsp3) is 0.917. The fourth-order valence-electron chi connectivity index (χ4n) is 2.15. The monoisotopic (exact) mass is 210 g/mol. The Morgan fingerprint density at radius 1 is 1.47 bits per heavy atom. The number of hydrogen-bond donors (Lipinski definition) is 0. The van der Waals surface area contributed by atoms with Gasteiger partial charge in [0.15, 0.2) is 0 Å². The minimum Gasteiger partial charge on any atom is -0.380 e. The van der Waals surface area contributed by atoms with Crippen LogP contribution in [-0.2, 0) is 4.74 Å². The smallest absolute Gasteiger partial charge is 0.0724 e. The maximum atomic E-state index is 8.43. The summed E-state index contributed by atoms with van der Waals surface area (Å²) in [6.07, 6.45) is 4.49. The van der Waals surface area contributed by atoms with Crippen molar-refractivity contribution in [2.45, 2.75) is 38.7 Å². The molecule has 0 aromatic carbocycles. The maximum Gasteiger partial charge on any atom is 0.0724 e. The van der Waals surface area contributed by atoms with Gasteiger partial charge in [-0.25, -0.2) is 0 Å². The molecule has 0 aromatic heterocycles. The predicted molar refractivity (Wildman–Crippen MR) is 60.5 cm³/mol. The lowest BCUT2D eigenvalue weighted by Crippen LogP contribution is -2.44. The molecular formula is C12H22N2O. The standard InChI is InChI=1S/C12H22N2O/c1-11-6-9-14(10-12(11)15-2)8-5-3-4-7-13/h11-12H,3-6,8-10H2,1-2H3. The zero-order chi connectivity index (χ0) is 11.1. The molecule has 1 rings (SSSR count). The van der Waals surface area contributed by atoms with Gasteiger partial charge in [0, 0.05) is 20.1 Å². The summed E-state index contributed by atoms with van der Waals surface area (Å²) in [5.74, 6) is 0.686. The predicted octanol–water partition coefficient (Wildman–Crippen LogP) is 2.04. The van der Waals surface area contributed by atoms with E-state index in [0.717, 1.165) is 25.9 Å². The van der Waals surface area contributed by atoms with Crippen LogP contribution < -0.4 is 0 Å². The van der Waals surface area contributed by atoms with E-state index < -0.39 is 0 Å². The van der Waals surface area contributed by atoms with E-state index in [9.17, 15) is 0 Å². The Hall–Kier alpha value is -0.590. The summed E-state index contributed by atoms with van der Waals surface area (Å²) >= 11 is 0. The molecule has 3 heteroatoms. The number of methoxy groups -OCH3 is 1. The zero-order valence-electron chi connectivity index (χ0n) is 9.91. The van der Waals surface area contributed by atoms with Crippen molar-refractivity contribution in [2.24, 2.45) is 5.92 Å². The fourth-order valence-corrected chi connectivity index (χ4v) is 2.15. The lowest BCUT2D eigenvalue weighted by atomic mass is 9.95. The molecule has 0 spiro atoms. The van der Waals surface area contributed by atoms with Crippen molar-refractivity contribution >= 4 is 0 Å². The molecule has 1 aliphatic rings. The largest absolute Gasteiger partial charge is 0.380 e. The number of rotatable bonds is 5. The summed E-state index contributed by atoms with van der Waals surface area (Å²) in [7, 11) is 1.81. The van der Waals surface area contributed by atoms with E-state index in [0.29, 0.717) is 18.4 Å². The molecule has 0 N–H and O–H groups in total. The van der Waals surface area contributed by atoms with Crippen molar-refractivity contribution in [3.8, 4) is 6.07 Å². The number of nitrogens with zero attached hydrogens (tertiary/aromatic N) is 2. The molecule has 2 atom stereocenters. The van der Waals surface area contributed by atoms with Crippen LogP contribution in [0, 0.1) is 17.2 Å². The number of nitriles is 1. The topological polar surface area (TPSA) is 36.3 Å². The Morgan fingerprint density at radius 2 is 2.27 bits per heavy atom. The summed E-state index contributed by atoms with van der Waals surface area (Å²) in [5.41, 5.74) is 0. The number of likely N-dealkylation sites (tertiary alicyclic amines) is 1. The van der Waals surface area contributed by atoms with E-state index in [2.05, 4.69) is 17.9 Å². The van der Waals surface area contributed by atoms with Crippen molar-refractivity contribution in [1.82, 2.24) is 4.90 Å². The molecule has 86 valence electrons. The normalized spacial score (nSPS) is 27.5. The molecule has 1 aliphatic heterocycles. The Kier molecular flexibility index (Phi) is 5.67. The van der Waals surface area contributed by atoms with Gasteiger partial charge in [0.05, 0.1) is 12.2 Å². The van der Waals surface area contributed by atoms with E-state index >= 15 is 0 Å². The van der Waals surface area contributed by atoms with Gasteiger partial charge < -0.3 is 9.64 Å². The van der Waals surface area contributed by atoms with Gasteiger partial charge in [-0.3, -0.25) is 0 Å². The van der Waals surface area contributed by atoms with Gasteiger partial charge >= 0.3 is 0 Å². The van der Waals surface area contributed by atoms with E-state index in [1.54, 1.807) is 7.11 Å². The first kappa shape index (κ1) is 12.5. The van der Waals surface area contributed by atoms with E-state index in [1.165, 1.54) is 13.0 Å². The summed E-state index contributed by atoms with van der Waals surface area (Å²) in [5, 5.41) is 8.43. The molecular weight excluding hydrogens is 188 g/mol. The second kappa shape index (κ2) is 6.81. The second-order valence-corrected chi connectivity index (χ2v) is 4.46. The number of piperidine rings is 1. The lowest BCUT2D eigenvalue weighted by Gasteiger charge is -2.36. The molecule has 0 amide bonds. The molecule has 15 heavy (non-hydrogen) atoms. The molecule has 1 fully saturated rings. The van der Waals surface area contributed by atoms with Crippen LogP contribution in [0.4, 0.5) is 0 Å². The maximum absolute atomic E-state index is 8.43. The summed E-state index contributed by atoms with van der Waals surface area (Å²) in [6.45, 7) is 5.63. The molecule has 0 radical (unpaired) electrons. The van der Waals surface area contributed by atoms with Crippen LogP contribution in [0.5, 0.6) is 0 Å². The third-order valence-corrected chi connectivity index (χ3v) is 3.29. The number of unbranched alkanes of at least 4 members (excludes halogenated alkanes) is 2. The minimum absolute atomic E-state index is 0.398. The first-order chi connectivity index (χ1) is 7.27. The lowest BCUT2D eigenvalue weighted by molar-refractivity contribution is -0.00519. The number of hydrogen-bond acceptors (Lipinski definition) is 3. The van der Waals surface area contributed by atoms with Gasteiger partial charge in [-0.15, -0.1) is 0 Å². The van der Waals surface area contributed by atoms with Gasteiger partial charge in [0.2, 0.25) is 0 Å². The molecule has 0 bridgehead atoms. The highest BCUT2D eigenvalue weighted by Crippen LogP contribution is 2.19. The molecule has 1 saturated heterocycles. The van der Waals surface area contributed by atoms with Crippen LogP contribution in [0.25, 0.3) is 0 Å². The van der Waals surface area contributed by atoms with Crippen LogP contribution in [0.2, 0.25) is 0 Å². The third kappa shape index (κ3) is 4.19. The van der Waals surface area contributed by atoms with Gasteiger partial charge in [0.25, 0.3) is 0 Å². The second-order valence-electron chi connectivity index (χ2n) is 4.46. The van der Waals surface area contributed by atoms with Crippen LogP contribution in [0.15, 0.2) is 0 Å². The minimum atomic E-state index is 0.398. The number of ether oxygens (including phenoxy) is 1. The molecule has 1 heterocycles. The van der Waals surface area contributed by atoms with Crippen LogP contribution in [0.1, 0.15) is 32.6 Å². The Labute approximate surface area is 93.0 Å². The summed E-state index contributed by atoms with van der Waals surface area (Å²) < 4.78 is 5.47. The molecule has 0 aliphatic carbocycles. The molecule has 2 unspecified atom stereocenters. The Bertz CT molecular complexity index is 212. The van der Waals surface area contributed by atoms with Gasteiger partial charge in [-0.2, -0.15) is 5.26 Å². The first-order valence-corrected chi connectivity index (χ1v) is 5.90. The van der Waals surface area contributed by atoms with Crippen molar-refractivity contribution < 1.29 is 4.74 Å². The van der Waals surface area contributed by atoms with Gasteiger partial charge in [0.1, 0.15) is 0 Å². The molecule has 3 nitrogen and oxygen atoms in total. The van der Waals surface area contributed by atoms with Crippen molar-refractivity contribution in [2.75, 3.05) is 26.7 Å². The van der Waals surface area contributed by atoms with Crippen LogP contribution in [-0.4, -0.2) is 37.7 Å². The van der Waals surface area contributed by atoms with Crippen LogP contribution in [0.3, 0.4) is 0 Å². The Balaban J connectivity index is 2.18.